The molecule has 1 saturated carbocycles. The fourth-order valence-corrected chi connectivity index (χ4v) is 7.35. The third kappa shape index (κ3) is 4.46. The standard InChI is InChI=1S/C29H44O6Si/c1-9-18-28-25(33-27(5,6)35-28)24(32-19-20-14-11-10-12-15-20)23(34-36(7,8)26(2,3)4)21-16-13-17-22(30)29(21,28)31/h10-15,17,21,23-25,31H,9,16,18-19H2,1-8H3/t21-,23+,24-,25+,28+,29-/m0/s1. The lowest BCUT2D eigenvalue weighted by Gasteiger charge is -2.59. The Bertz CT molecular complexity index is 983. The Balaban J connectivity index is 1.86. The Morgan fingerprint density at radius 1 is 1.14 bits per heavy atom. The van der Waals surface area contributed by atoms with Gasteiger partial charge in [-0.3, -0.25) is 4.79 Å². The number of carbonyl (C=O) groups is 1. The summed E-state index contributed by atoms with van der Waals surface area (Å²) in [6, 6.07) is 10.0. The molecule has 3 aliphatic rings. The summed E-state index contributed by atoms with van der Waals surface area (Å²) in [4.78, 5) is 13.6. The number of aliphatic hydroxyl groups is 1. The van der Waals surface area contributed by atoms with E-state index in [1.54, 1.807) is 0 Å². The normalized spacial score (nSPS) is 36.0. The van der Waals surface area contributed by atoms with Crippen LogP contribution in [0.3, 0.4) is 0 Å². The second-order valence-corrected chi connectivity index (χ2v) is 17.4. The summed E-state index contributed by atoms with van der Waals surface area (Å²) >= 11 is 0. The molecule has 1 saturated heterocycles. The zero-order chi connectivity index (χ0) is 26.6. The zero-order valence-corrected chi connectivity index (χ0v) is 24.2. The monoisotopic (exact) mass is 516 g/mol. The van der Waals surface area contributed by atoms with Gasteiger partial charge in [-0.05, 0) is 56.5 Å². The van der Waals surface area contributed by atoms with Crippen molar-refractivity contribution in [3.8, 4) is 0 Å². The first-order valence-electron chi connectivity index (χ1n) is 13.3. The summed E-state index contributed by atoms with van der Waals surface area (Å²) < 4.78 is 26.9. The van der Waals surface area contributed by atoms with Gasteiger partial charge in [0.15, 0.2) is 25.5 Å². The van der Waals surface area contributed by atoms with Crippen molar-refractivity contribution in [1.29, 1.82) is 0 Å². The average Bonchev–Trinajstić information content (AvgIpc) is 3.06. The maximum Gasteiger partial charge on any atom is 0.192 e. The number of fused-ring (bicyclic) bond motifs is 3. The van der Waals surface area contributed by atoms with Gasteiger partial charge in [-0.25, -0.2) is 0 Å². The molecule has 0 aromatic heterocycles. The van der Waals surface area contributed by atoms with E-state index in [2.05, 4.69) is 33.9 Å². The largest absolute Gasteiger partial charge is 0.411 e. The number of rotatable bonds is 7. The summed E-state index contributed by atoms with van der Waals surface area (Å²) in [5.74, 6) is -1.82. The van der Waals surface area contributed by atoms with Crippen LogP contribution in [0.4, 0.5) is 0 Å². The molecule has 0 bridgehead atoms. The van der Waals surface area contributed by atoms with Gasteiger partial charge in [0.05, 0.1) is 12.7 Å². The summed E-state index contributed by atoms with van der Waals surface area (Å²) in [5, 5.41) is 12.4. The lowest BCUT2D eigenvalue weighted by Crippen LogP contribution is -2.78. The molecule has 1 aliphatic heterocycles. The zero-order valence-electron chi connectivity index (χ0n) is 23.2. The Labute approximate surface area is 217 Å². The number of ether oxygens (including phenoxy) is 3. The summed E-state index contributed by atoms with van der Waals surface area (Å²) in [6.07, 6.45) is 3.37. The van der Waals surface area contributed by atoms with Crippen molar-refractivity contribution in [3.63, 3.8) is 0 Å². The second-order valence-electron chi connectivity index (χ2n) is 12.7. The molecule has 1 aromatic carbocycles. The molecule has 2 aliphatic carbocycles. The van der Waals surface area contributed by atoms with Gasteiger partial charge in [-0.2, -0.15) is 0 Å². The molecule has 6 nitrogen and oxygen atoms in total. The van der Waals surface area contributed by atoms with Crippen LogP contribution < -0.4 is 0 Å². The van der Waals surface area contributed by atoms with E-state index in [-0.39, 0.29) is 10.8 Å². The highest BCUT2D eigenvalue weighted by Gasteiger charge is 2.76. The minimum absolute atomic E-state index is 0.0616. The maximum absolute atomic E-state index is 13.6. The van der Waals surface area contributed by atoms with E-state index >= 15 is 0 Å². The van der Waals surface area contributed by atoms with E-state index < -0.39 is 49.5 Å². The van der Waals surface area contributed by atoms with Crippen LogP contribution >= 0.6 is 0 Å². The minimum Gasteiger partial charge on any atom is -0.411 e. The molecular formula is C29H44O6Si. The van der Waals surface area contributed by atoms with Crippen molar-refractivity contribution < 1.29 is 28.5 Å². The van der Waals surface area contributed by atoms with Crippen LogP contribution in [0.25, 0.3) is 0 Å². The minimum atomic E-state index is -2.32. The molecule has 1 N–H and O–H groups in total. The van der Waals surface area contributed by atoms with Gasteiger partial charge in [0, 0.05) is 5.92 Å². The molecule has 0 radical (unpaired) electrons. The average molecular weight is 517 g/mol. The van der Waals surface area contributed by atoms with Crippen molar-refractivity contribution in [3.05, 3.63) is 48.0 Å². The van der Waals surface area contributed by atoms with Gasteiger partial charge in [0.1, 0.15) is 17.8 Å². The molecule has 1 aromatic rings. The number of allylic oxidation sites excluding steroid dienone is 1. The smallest absolute Gasteiger partial charge is 0.192 e. The van der Waals surface area contributed by atoms with Gasteiger partial charge in [-0.15, -0.1) is 0 Å². The first-order chi connectivity index (χ1) is 16.7. The Morgan fingerprint density at radius 3 is 2.42 bits per heavy atom. The van der Waals surface area contributed by atoms with Crippen LogP contribution in [0.5, 0.6) is 0 Å². The van der Waals surface area contributed by atoms with Gasteiger partial charge in [0.2, 0.25) is 0 Å². The molecule has 0 unspecified atom stereocenters. The summed E-state index contributed by atoms with van der Waals surface area (Å²) in [5.41, 5.74) is -1.95. The molecule has 6 atom stereocenters. The van der Waals surface area contributed by atoms with Crippen LogP contribution in [-0.4, -0.2) is 54.5 Å². The first kappa shape index (κ1) is 27.7. The van der Waals surface area contributed by atoms with E-state index in [9.17, 15) is 9.90 Å². The van der Waals surface area contributed by atoms with Crippen molar-refractivity contribution in [2.45, 2.75) is 121 Å². The van der Waals surface area contributed by atoms with E-state index in [1.165, 1.54) is 6.08 Å². The quantitative estimate of drug-likeness (QED) is 0.480. The third-order valence-electron chi connectivity index (χ3n) is 8.68. The molecule has 7 heteroatoms. The third-order valence-corrected chi connectivity index (χ3v) is 13.2. The summed E-state index contributed by atoms with van der Waals surface area (Å²) in [6.45, 7) is 17.1. The van der Waals surface area contributed by atoms with Crippen LogP contribution in [0.1, 0.15) is 66.4 Å². The van der Waals surface area contributed by atoms with E-state index in [0.29, 0.717) is 19.4 Å². The number of ketones is 1. The molecule has 200 valence electrons. The van der Waals surface area contributed by atoms with E-state index in [4.69, 9.17) is 18.6 Å². The molecule has 2 fully saturated rings. The van der Waals surface area contributed by atoms with Crippen molar-refractivity contribution in [2.24, 2.45) is 5.92 Å². The number of carbonyl (C=O) groups excluding carboxylic acids is 1. The number of hydrogen-bond donors (Lipinski definition) is 1. The Hall–Kier alpha value is -1.35. The highest BCUT2D eigenvalue weighted by molar-refractivity contribution is 6.74. The molecule has 0 amide bonds. The Morgan fingerprint density at radius 2 is 1.81 bits per heavy atom. The number of benzene rings is 1. The van der Waals surface area contributed by atoms with Crippen molar-refractivity contribution in [2.75, 3.05) is 0 Å². The highest BCUT2D eigenvalue weighted by Crippen LogP contribution is 2.58. The first-order valence-corrected chi connectivity index (χ1v) is 16.2. The molecule has 36 heavy (non-hydrogen) atoms. The molecule has 0 spiro atoms. The number of hydrogen-bond acceptors (Lipinski definition) is 6. The van der Waals surface area contributed by atoms with Crippen molar-refractivity contribution in [1.82, 2.24) is 0 Å². The van der Waals surface area contributed by atoms with Gasteiger partial charge >= 0.3 is 0 Å². The predicted molar refractivity (Wildman–Crippen MR) is 142 cm³/mol. The fourth-order valence-electron chi connectivity index (χ4n) is 6.02. The van der Waals surface area contributed by atoms with Gasteiger partial charge < -0.3 is 23.7 Å². The lowest BCUT2D eigenvalue weighted by molar-refractivity contribution is -0.266. The topological polar surface area (TPSA) is 74.2 Å². The van der Waals surface area contributed by atoms with Crippen molar-refractivity contribution >= 4 is 14.1 Å². The molecule has 1 heterocycles. The van der Waals surface area contributed by atoms with Gasteiger partial charge in [0.25, 0.3) is 0 Å². The lowest BCUT2D eigenvalue weighted by atomic mass is 9.56. The maximum atomic E-state index is 13.6. The molecule has 4 rings (SSSR count). The SMILES string of the molecule is CCC[C@@]12OC(C)(C)O[C@@H]1[C@@H](OCc1ccccc1)[C@H](O[Si](C)(C)C(C)(C)C)[C@@H]1CC=CC(=O)[C@@]12O. The van der Waals surface area contributed by atoms with E-state index in [1.807, 2.05) is 57.2 Å². The highest BCUT2D eigenvalue weighted by atomic mass is 28.4. The second kappa shape index (κ2) is 9.44. The Kier molecular flexibility index (Phi) is 7.25. The van der Waals surface area contributed by atoms with E-state index in [0.717, 1.165) is 12.0 Å². The van der Waals surface area contributed by atoms with Gasteiger partial charge in [-0.1, -0.05) is 70.5 Å². The van der Waals surface area contributed by atoms with Crippen LogP contribution in [0.15, 0.2) is 42.5 Å². The fraction of sp³-hybridized carbons (Fsp3) is 0.690. The molecular weight excluding hydrogens is 472 g/mol. The summed E-state index contributed by atoms with van der Waals surface area (Å²) in [7, 11) is -2.32. The van der Waals surface area contributed by atoms with Crippen LogP contribution in [-0.2, 0) is 30.0 Å². The van der Waals surface area contributed by atoms with Crippen LogP contribution in [0.2, 0.25) is 18.1 Å². The predicted octanol–water partition coefficient (Wildman–Crippen LogP) is 5.54. The van der Waals surface area contributed by atoms with Crippen LogP contribution in [0, 0.1) is 5.92 Å².